The second kappa shape index (κ2) is 5.25. The Kier molecular flexibility index (Phi) is 3.66. The Morgan fingerprint density at radius 1 is 1.05 bits per heavy atom. The zero-order valence-electron chi connectivity index (χ0n) is 11.6. The summed E-state index contributed by atoms with van der Waals surface area (Å²) in [6.07, 6.45) is 0. The van der Waals surface area contributed by atoms with Gasteiger partial charge in [-0.15, -0.1) is 0 Å². The Balaban J connectivity index is 2.18. The lowest BCUT2D eigenvalue weighted by Gasteiger charge is -2.24. The number of nitrogen functional groups attached to an aromatic ring is 1. The topological polar surface area (TPSA) is 75.3 Å². The number of rotatable bonds is 3. The van der Waals surface area contributed by atoms with Crippen LogP contribution in [0.25, 0.3) is 0 Å². The summed E-state index contributed by atoms with van der Waals surface area (Å²) in [4.78, 5) is 12.4. The molecule has 0 saturated carbocycles. The van der Waals surface area contributed by atoms with Crippen molar-refractivity contribution in [2.24, 2.45) is 0 Å². The first-order valence-electron chi connectivity index (χ1n) is 6.36. The molecule has 0 aliphatic heterocycles. The van der Waals surface area contributed by atoms with E-state index in [9.17, 15) is 9.90 Å². The smallest absolute Gasteiger partial charge is 0.234 e. The fraction of sp³-hybridized carbons (Fsp3) is 0.188. The van der Waals surface area contributed by atoms with Gasteiger partial charge in [0.15, 0.2) is 0 Å². The lowest BCUT2D eigenvalue weighted by Crippen LogP contribution is -2.34. The van der Waals surface area contributed by atoms with Gasteiger partial charge in [0.25, 0.3) is 0 Å². The molecule has 0 spiro atoms. The molecule has 1 amide bonds. The van der Waals surface area contributed by atoms with Gasteiger partial charge in [0, 0.05) is 11.4 Å². The highest BCUT2D eigenvalue weighted by molar-refractivity contribution is 5.98. The van der Waals surface area contributed by atoms with Gasteiger partial charge in [-0.05, 0) is 55.8 Å². The molecule has 0 aliphatic rings. The Bertz CT molecular complexity index is 601. The molecule has 104 valence electrons. The summed E-state index contributed by atoms with van der Waals surface area (Å²) in [6, 6.07) is 13.7. The molecule has 0 aliphatic carbocycles. The first-order valence-corrected chi connectivity index (χ1v) is 6.36. The summed E-state index contributed by atoms with van der Waals surface area (Å²) in [6.45, 7) is 3.71. The van der Waals surface area contributed by atoms with Gasteiger partial charge in [0.05, 0.1) is 5.41 Å². The molecule has 0 fully saturated rings. The summed E-state index contributed by atoms with van der Waals surface area (Å²) in [5, 5.41) is 12.1. The van der Waals surface area contributed by atoms with Crippen LogP contribution in [0.1, 0.15) is 19.4 Å². The van der Waals surface area contributed by atoms with E-state index in [1.807, 2.05) is 26.0 Å². The van der Waals surface area contributed by atoms with Crippen LogP contribution in [0.5, 0.6) is 5.75 Å². The molecule has 4 N–H and O–H groups in total. The van der Waals surface area contributed by atoms with Crippen LogP contribution >= 0.6 is 0 Å². The number of hydrogen-bond acceptors (Lipinski definition) is 3. The first-order chi connectivity index (χ1) is 9.39. The minimum absolute atomic E-state index is 0.118. The normalized spacial score (nSPS) is 11.1. The Morgan fingerprint density at radius 2 is 1.60 bits per heavy atom. The van der Waals surface area contributed by atoms with Crippen LogP contribution in [0.3, 0.4) is 0 Å². The van der Waals surface area contributed by atoms with Crippen molar-refractivity contribution < 1.29 is 9.90 Å². The van der Waals surface area contributed by atoms with E-state index in [0.717, 1.165) is 5.56 Å². The number of anilines is 2. The number of phenols is 1. The molecule has 0 saturated heterocycles. The van der Waals surface area contributed by atoms with Gasteiger partial charge in [0.2, 0.25) is 5.91 Å². The maximum Gasteiger partial charge on any atom is 0.234 e. The SMILES string of the molecule is CC(C)(C(=O)Nc1ccc(O)cc1)c1ccc(N)cc1. The van der Waals surface area contributed by atoms with Crippen molar-refractivity contribution in [1.29, 1.82) is 0 Å². The number of benzene rings is 2. The van der Waals surface area contributed by atoms with E-state index in [4.69, 9.17) is 5.73 Å². The fourth-order valence-corrected chi connectivity index (χ4v) is 1.86. The van der Waals surface area contributed by atoms with Gasteiger partial charge in [-0.25, -0.2) is 0 Å². The van der Waals surface area contributed by atoms with Gasteiger partial charge in [-0.2, -0.15) is 0 Å². The minimum Gasteiger partial charge on any atom is -0.508 e. The molecule has 2 rings (SSSR count). The summed E-state index contributed by atoms with van der Waals surface area (Å²) in [7, 11) is 0. The highest BCUT2D eigenvalue weighted by Gasteiger charge is 2.29. The van der Waals surface area contributed by atoms with Crippen LogP contribution in [0, 0.1) is 0 Å². The quantitative estimate of drug-likeness (QED) is 0.593. The van der Waals surface area contributed by atoms with Crippen molar-refractivity contribution in [1.82, 2.24) is 0 Å². The number of carbonyl (C=O) groups is 1. The third kappa shape index (κ3) is 2.91. The van der Waals surface area contributed by atoms with Crippen molar-refractivity contribution in [2.45, 2.75) is 19.3 Å². The fourth-order valence-electron chi connectivity index (χ4n) is 1.86. The second-order valence-electron chi connectivity index (χ2n) is 5.25. The maximum absolute atomic E-state index is 12.4. The van der Waals surface area contributed by atoms with Crippen LogP contribution in [0.15, 0.2) is 48.5 Å². The van der Waals surface area contributed by atoms with E-state index in [2.05, 4.69) is 5.32 Å². The van der Waals surface area contributed by atoms with Crippen molar-refractivity contribution >= 4 is 17.3 Å². The number of carbonyl (C=O) groups excluding carboxylic acids is 1. The third-order valence-corrected chi connectivity index (χ3v) is 3.33. The molecule has 2 aromatic rings. The van der Waals surface area contributed by atoms with E-state index in [0.29, 0.717) is 11.4 Å². The molecule has 2 aromatic carbocycles. The summed E-state index contributed by atoms with van der Waals surface area (Å²) >= 11 is 0. The highest BCUT2D eigenvalue weighted by atomic mass is 16.3. The van der Waals surface area contributed by atoms with Gasteiger partial charge in [-0.1, -0.05) is 12.1 Å². The minimum atomic E-state index is -0.675. The molecule has 4 heteroatoms. The number of amides is 1. The van der Waals surface area contributed by atoms with Crippen molar-refractivity contribution in [3.63, 3.8) is 0 Å². The standard InChI is InChI=1S/C16H18N2O2/c1-16(2,11-3-5-12(17)6-4-11)15(20)18-13-7-9-14(19)10-8-13/h3-10,19H,17H2,1-2H3,(H,18,20). The first kappa shape index (κ1) is 13.9. The third-order valence-electron chi connectivity index (χ3n) is 3.33. The van der Waals surface area contributed by atoms with Crippen LogP contribution < -0.4 is 11.1 Å². The number of aromatic hydroxyl groups is 1. The molecule has 0 atom stereocenters. The molecule has 0 unspecified atom stereocenters. The molecule has 0 heterocycles. The van der Waals surface area contributed by atoms with Crippen LogP contribution in [-0.4, -0.2) is 11.0 Å². The zero-order valence-corrected chi connectivity index (χ0v) is 11.6. The Labute approximate surface area is 118 Å². The molecular formula is C16H18N2O2. The molecule has 20 heavy (non-hydrogen) atoms. The van der Waals surface area contributed by atoms with Gasteiger partial charge < -0.3 is 16.2 Å². The van der Waals surface area contributed by atoms with E-state index in [-0.39, 0.29) is 11.7 Å². The van der Waals surface area contributed by atoms with E-state index in [1.165, 1.54) is 12.1 Å². The largest absolute Gasteiger partial charge is 0.508 e. The number of hydrogen-bond donors (Lipinski definition) is 3. The second-order valence-corrected chi connectivity index (χ2v) is 5.25. The predicted octanol–water partition coefficient (Wildman–Crippen LogP) is 2.89. The van der Waals surface area contributed by atoms with E-state index >= 15 is 0 Å². The lowest BCUT2D eigenvalue weighted by atomic mass is 9.83. The Morgan fingerprint density at radius 3 is 2.15 bits per heavy atom. The van der Waals surface area contributed by atoms with Crippen molar-refractivity contribution in [2.75, 3.05) is 11.1 Å². The van der Waals surface area contributed by atoms with Gasteiger partial charge >= 0.3 is 0 Å². The van der Waals surface area contributed by atoms with Crippen LogP contribution in [0.4, 0.5) is 11.4 Å². The average Bonchev–Trinajstić information content (AvgIpc) is 2.42. The summed E-state index contributed by atoms with van der Waals surface area (Å²) < 4.78 is 0. The maximum atomic E-state index is 12.4. The summed E-state index contributed by atoms with van der Waals surface area (Å²) in [5.74, 6) is 0.0498. The molecule has 0 radical (unpaired) electrons. The van der Waals surface area contributed by atoms with Crippen molar-refractivity contribution in [3.8, 4) is 5.75 Å². The van der Waals surface area contributed by atoms with Gasteiger partial charge in [0.1, 0.15) is 5.75 Å². The predicted molar refractivity (Wildman–Crippen MR) is 80.6 cm³/mol. The van der Waals surface area contributed by atoms with E-state index in [1.54, 1.807) is 24.3 Å². The molecular weight excluding hydrogens is 252 g/mol. The molecule has 4 nitrogen and oxygen atoms in total. The van der Waals surface area contributed by atoms with Crippen LogP contribution in [-0.2, 0) is 10.2 Å². The molecule has 0 aromatic heterocycles. The zero-order chi connectivity index (χ0) is 14.8. The number of nitrogens with two attached hydrogens (primary N) is 1. The number of nitrogens with one attached hydrogen (secondary N) is 1. The van der Waals surface area contributed by atoms with E-state index < -0.39 is 5.41 Å². The number of phenolic OH excluding ortho intramolecular Hbond substituents is 1. The van der Waals surface area contributed by atoms with Crippen LogP contribution in [0.2, 0.25) is 0 Å². The highest BCUT2D eigenvalue weighted by Crippen LogP contribution is 2.26. The monoisotopic (exact) mass is 270 g/mol. The Hall–Kier alpha value is -2.49. The average molecular weight is 270 g/mol. The summed E-state index contributed by atoms with van der Waals surface area (Å²) in [5.41, 5.74) is 7.20. The lowest BCUT2D eigenvalue weighted by molar-refractivity contribution is -0.120. The van der Waals surface area contributed by atoms with Gasteiger partial charge in [-0.3, -0.25) is 4.79 Å². The molecule has 0 bridgehead atoms. The van der Waals surface area contributed by atoms with Crippen molar-refractivity contribution in [3.05, 3.63) is 54.1 Å².